The van der Waals surface area contributed by atoms with Crippen molar-refractivity contribution in [3.8, 4) is 0 Å². The predicted molar refractivity (Wildman–Crippen MR) is 92.4 cm³/mol. The summed E-state index contributed by atoms with van der Waals surface area (Å²) in [7, 11) is 0. The van der Waals surface area contributed by atoms with E-state index in [0.29, 0.717) is 10.2 Å². The molecule has 0 fully saturated rings. The normalized spacial score (nSPS) is 12.2. The summed E-state index contributed by atoms with van der Waals surface area (Å²) >= 11 is 1.33. The highest BCUT2D eigenvalue weighted by Crippen LogP contribution is 2.19. The smallest absolute Gasteiger partial charge is 0.330 e. The van der Waals surface area contributed by atoms with Gasteiger partial charge < -0.3 is 4.74 Å². The Morgan fingerprint density at radius 2 is 2.00 bits per heavy atom. The molecule has 1 unspecified atom stereocenters. The summed E-state index contributed by atoms with van der Waals surface area (Å²) in [5.41, 5.74) is -0.260. The molecule has 0 saturated heterocycles. The lowest BCUT2D eigenvalue weighted by Crippen LogP contribution is -2.40. The third-order valence-electron chi connectivity index (χ3n) is 3.70. The average Bonchev–Trinajstić information content (AvgIpc) is 2.94. The van der Waals surface area contributed by atoms with Gasteiger partial charge in [-0.25, -0.2) is 14.2 Å². The lowest BCUT2D eigenvalue weighted by atomic mass is 10.2. The van der Waals surface area contributed by atoms with Gasteiger partial charge in [0.15, 0.2) is 0 Å². The zero-order chi connectivity index (χ0) is 17.3. The zero-order valence-corrected chi connectivity index (χ0v) is 14.1. The average molecular weight is 344 g/mol. The lowest BCUT2D eigenvalue weighted by Gasteiger charge is -2.13. The second-order valence-electron chi connectivity index (χ2n) is 5.47. The van der Waals surface area contributed by atoms with E-state index in [1.165, 1.54) is 18.3 Å². The van der Waals surface area contributed by atoms with Crippen molar-refractivity contribution >= 4 is 27.5 Å². The minimum Gasteiger partial charge on any atom is -0.459 e. The first-order valence-electron chi connectivity index (χ1n) is 7.43. The van der Waals surface area contributed by atoms with Crippen LogP contribution in [0.2, 0.25) is 0 Å². The number of aromatic nitrogens is 2. The van der Waals surface area contributed by atoms with Gasteiger partial charge in [-0.3, -0.25) is 9.78 Å². The Morgan fingerprint density at radius 1 is 1.29 bits per heavy atom. The van der Waals surface area contributed by atoms with Crippen LogP contribution >= 0.6 is 11.3 Å². The molecule has 2 aromatic heterocycles. The number of H-pyrrole nitrogens is 1. The highest BCUT2D eigenvalue weighted by atomic mass is 32.1. The number of esters is 1. The number of nitrogens with one attached hydrogen (secondary N) is 1. The molecule has 1 atom stereocenters. The maximum Gasteiger partial charge on any atom is 0.330 e. The highest BCUT2D eigenvalue weighted by molar-refractivity contribution is 7.18. The van der Waals surface area contributed by atoms with E-state index in [9.17, 15) is 14.4 Å². The molecule has 3 aromatic rings. The van der Waals surface area contributed by atoms with Crippen LogP contribution in [0, 0.1) is 6.92 Å². The molecule has 0 aliphatic carbocycles. The fourth-order valence-corrected chi connectivity index (χ4v) is 3.35. The molecule has 1 aromatic carbocycles. The third-order valence-corrected chi connectivity index (χ3v) is 4.66. The molecule has 7 heteroatoms. The van der Waals surface area contributed by atoms with E-state index < -0.39 is 23.3 Å². The number of thiophene rings is 1. The van der Waals surface area contributed by atoms with E-state index in [-0.39, 0.29) is 6.61 Å². The van der Waals surface area contributed by atoms with E-state index in [2.05, 4.69) is 4.98 Å². The van der Waals surface area contributed by atoms with Crippen molar-refractivity contribution in [1.29, 1.82) is 0 Å². The van der Waals surface area contributed by atoms with E-state index in [1.807, 2.05) is 37.3 Å². The quantitative estimate of drug-likeness (QED) is 0.737. The molecule has 0 bridgehead atoms. The van der Waals surface area contributed by atoms with Gasteiger partial charge in [-0.05, 0) is 25.5 Å². The van der Waals surface area contributed by atoms with Gasteiger partial charge in [0.05, 0.1) is 5.39 Å². The van der Waals surface area contributed by atoms with Gasteiger partial charge in [0.1, 0.15) is 17.5 Å². The molecular weight excluding hydrogens is 328 g/mol. The summed E-state index contributed by atoms with van der Waals surface area (Å²) in [5, 5.41) is 0.403. The number of aryl methyl sites for hydroxylation is 1. The molecule has 24 heavy (non-hydrogen) atoms. The van der Waals surface area contributed by atoms with Crippen LogP contribution in [0.5, 0.6) is 0 Å². The molecule has 1 N–H and O–H groups in total. The zero-order valence-electron chi connectivity index (χ0n) is 13.2. The molecule has 0 amide bonds. The van der Waals surface area contributed by atoms with Crippen LogP contribution in [0.15, 0.2) is 46.0 Å². The summed E-state index contributed by atoms with van der Waals surface area (Å²) in [6.45, 7) is 3.43. The number of hydrogen-bond donors (Lipinski definition) is 1. The van der Waals surface area contributed by atoms with Crippen molar-refractivity contribution < 1.29 is 9.53 Å². The molecule has 0 aliphatic heterocycles. The van der Waals surface area contributed by atoms with Crippen molar-refractivity contribution in [2.75, 3.05) is 0 Å². The van der Waals surface area contributed by atoms with Crippen LogP contribution in [0.4, 0.5) is 0 Å². The van der Waals surface area contributed by atoms with Crippen LogP contribution in [-0.2, 0) is 16.1 Å². The number of nitrogens with zero attached hydrogens (tertiary/aromatic N) is 1. The van der Waals surface area contributed by atoms with Gasteiger partial charge in [0.25, 0.3) is 5.56 Å². The SMILES string of the molecule is Cc1cc2c(=O)n(C(C)C(=O)OCc3ccccc3)c(=O)[nH]c2s1. The van der Waals surface area contributed by atoms with E-state index in [1.54, 1.807) is 6.07 Å². The predicted octanol–water partition coefficient (Wildman–Crippen LogP) is 2.36. The molecule has 0 spiro atoms. The summed E-state index contributed by atoms with van der Waals surface area (Å²) in [6, 6.07) is 9.91. The van der Waals surface area contributed by atoms with Gasteiger partial charge in [-0.2, -0.15) is 0 Å². The summed E-state index contributed by atoms with van der Waals surface area (Å²) in [5.74, 6) is -0.627. The first kappa shape index (κ1) is 16.2. The Kier molecular flexibility index (Phi) is 4.35. The lowest BCUT2D eigenvalue weighted by molar-refractivity contribution is -0.148. The van der Waals surface area contributed by atoms with Crippen LogP contribution in [-0.4, -0.2) is 15.5 Å². The topological polar surface area (TPSA) is 81.2 Å². The standard InChI is InChI=1S/C17H16N2O4S/c1-10-8-13-14(24-10)18-17(22)19(15(13)20)11(2)16(21)23-9-12-6-4-3-5-7-12/h3-8,11H,9H2,1-2H3,(H,18,22). The van der Waals surface area contributed by atoms with Crippen molar-refractivity contribution in [3.63, 3.8) is 0 Å². The molecule has 6 nitrogen and oxygen atoms in total. The number of benzene rings is 1. The van der Waals surface area contributed by atoms with Crippen LogP contribution in [0.25, 0.3) is 10.2 Å². The Morgan fingerprint density at radius 3 is 2.71 bits per heavy atom. The summed E-state index contributed by atoms with van der Waals surface area (Å²) < 4.78 is 6.13. The van der Waals surface area contributed by atoms with E-state index in [0.717, 1.165) is 15.0 Å². The Hall–Kier alpha value is -2.67. The van der Waals surface area contributed by atoms with Crippen molar-refractivity contribution in [2.45, 2.75) is 26.5 Å². The van der Waals surface area contributed by atoms with Crippen molar-refractivity contribution in [3.05, 3.63) is 67.7 Å². The maximum absolute atomic E-state index is 12.5. The molecule has 0 radical (unpaired) electrons. The molecule has 2 heterocycles. The fourth-order valence-electron chi connectivity index (χ4n) is 2.45. The summed E-state index contributed by atoms with van der Waals surface area (Å²) in [4.78, 5) is 41.0. The van der Waals surface area contributed by atoms with Crippen LogP contribution in [0.3, 0.4) is 0 Å². The second-order valence-corrected chi connectivity index (χ2v) is 6.73. The monoisotopic (exact) mass is 344 g/mol. The van der Waals surface area contributed by atoms with Gasteiger partial charge >= 0.3 is 11.7 Å². The first-order valence-corrected chi connectivity index (χ1v) is 8.24. The second kappa shape index (κ2) is 6.45. The van der Waals surface area contributed by atoms with Gasteiger partial charge in [-0.15, -0.1) is 11.3 Å². The number of rotatable bonds is 4. The number of carbonyl (C=O) groups excluding carboxylic acids is 1. The minimum atomic E-state index is -1.01. The molecule has 0 saturated carbocycles. The number of aromatic amines is 1. The van der Waals surface area contributed by atoms with E-state index in [4.69, 9.17) is 4.74 Å². The van der Waals surface area contributed by atoms with Crippen molar-refractivity contribution in [2.24, 2.45) is 0 Å². The van der Waals surface area contributed by atoms with Gasteiger partial charge in [0, 0.05) is 4.88 Å². The largest absolute Gasteiger partial charge is 0.459 e. The molecule has 124 valence electrons. The Labute approximate surface area is 141 Å². The highest BCUT2D eigenvalue weighted by Gasteiger charge is 2.22. The fraction of sp³-hybridized carbons (Fsp3) is 0.235. The molecular formula is C17H16N2O4S. The minimum absolute atomic E-state index is 0.0937. The van der Waals surface area contributed by atoms with Crippen LogP contribution < -0.4 is 11.2 Å². The molecule has 0 aliphatic rings. The third kappa shape index (κ3) is 3.03. The van der Waals surface area contributed by atoms with Crippen molar-refractivity contribution in [1.82, 2.24) is 9.55 Å². The number of hydrogen-bond acceptors (Lipinski definition) is 5. The number of carbonyl (C=O) groups is 1. The Balaban J connectivity index is 1.88. The maximum atomic E-state index is 12.5. The molecule has 3 rings (SSSR count). The summed E-state index contributed by atoms with van der Waals surface area (Å²) in [6.07, 6.45) is 0. The van der Waals surface area contributed by atoms with Crippen LogP contribution in [0.1, 0.15) is 23.4 Å². The number of fused-ring (bicyclic) bond motifs is 1. The first-order chi connectivity index (χ1) is 11.5. The van der Waals surface area contributed by atoms with E-state index >= 15 is 0 Å². The van der Waals surface area contributed by atoms with Gasteiger partial charge in [0.2, 0.25) is 0 Å². The number of ether oxygens (including phenoxy) is 1. The van der Waals surface area contributed by atoms with Gasteiger partial charge in [-0.1, -0.05) is 30.3 Å². The Bertz CT molecular complexity index is 1000.